The van der Waals surface area contributed by atoms with Crippen LogP contribution in [0.25, 0.3) is 0 Å². The molecule has 0 atom stereocenters. The summed E-state index contributed by atoms with van der Waals surface area (Å²) in [6, 6.07) is 4.28. The van der Waals surface area contributed by atoms with E-state index in [4.69, 9.17) is 0 Å². The van der Waals surface area contributed by atoms with Crippen molar-refractivity contribution in [1.29, 1.82) is 0 Å². The largest absolute Gasteiger partial charge is 0.370 e. The van der Waals surface area contributed by atoms with Crippen LogP contribution in [-0.4, -0.2) is 18.1 Å². The van der Waals surface area contributed by atoms with Crippen LogP contribution in [0.5, 0.6) is 0 Å². The van der Waals surface area contributed by atoms with Gasteiger partial charge in [0.25, 0.3) is 0 Å². The second-order valence-electron chi connectivity index (χ2n) is 4.95. The molecule has 1 aromatic heterocycles. The number of anilines is 1. The summed E-state index contributed by atoms with van der Waals surface area (Å²) in [7, 11) is 0. The minimum Gasteiger partial charge on any atom is -0.370 e. The lowest BCUT2D eigenvalue weighted by molar-refractivity contribution is 0.552. The van der Waals surface area contributed by atoms with Crippen LogP contribution in [-0.2, 0) is 6.54 Å². The number of aromatic nitrogens is 1. The zero-order valence-corrected chi connectivity index (χ0v) is 11.5. The van der Waals surface area contributed by atoms with Gasteiger partial charge < -0.3 is 10.6 Å². The highest BCUT2D eigenvalue weighted by Gasteiger charge is 2.00. The van der Waals surface area contributed by atoms with Gasteiger partial charge in [-0.05, 0) is 43.5 Å². The Hall–Kier alpha value is -1.09. The highest BCUT2D eigenvalue weighted by molar-refractivity contribution is 5.39. The molecule has 0 saturated heterocycles. The van der Waals surface area contributed by atoms with Gasteiger partial charge in [-0.15, -0.1) is 0 Å². The fourth-order valence-electron chi connectivity index (χ4n) is 1.69. The van der Waals surface area contributed by atoms with Gasteiger partial charge in [-0.25, -0.2) is 4.98 Å². The van der Waals surface area contributed by atoms with Crippen LogP contribution in [0, 0.1) is 12.8 Å². The summed E-state index contributed by atoms with van der Waals surface area (Å²) < 4.78 is 0. The molecule has 1 aromatic rings. The summed E-state index contributed by atoms with van der Waals surface area (Å²) in [6.45, 7) is 11.6. The Labute approximate surface area is 105 Å². The zero-order chi connectivity index (χ0) is 12.7. The molecule has 3 heteroatoms. The number of pyridine rings is 1. The molecule has 0 aliphatic rings. The first-order chi connectivity index (χ1) is 8.11. The first-order valence-electron chi connectivity index (χ1n) is 6.54. The molecule has 0 aliphatic heterocycles. The summed E-state index contributed by atoms with van der Waals surface area (Å²) >= 11 is 0. The van der Waals surface area contributed by atoms with Crippen LogP contribution in [0.2, 0.25) is 0 Å². The number of nitrogens with one attached hydrogen (secondary N) is 2. The summed E-state index contributed by atoms with van der Waals surface area (Å²) in [4.78, 5) is 4.48. The fraction of sp³-hybridized carbons (Fsp3) is 0.643. The molecular weight excluding hydrogens is 210 g/mol. The number of aryl methyl sites for hydroxylation is 1. The smallest absolute Gasteiger partial charge is 0.126 e. The number of hydrogen-bond acceptors (Lipinski definition) is 3. The number of rotatable bonds is 7. The Kier molecular flexibility index (Phi) is 5.98. The molecule has 0 amide bonds. The third-order valence-corrected chi connectivity index (χ3v) is 2.45. The molecule has 1 rings (SSSR count). The first-order valence-corrected chi connectivity index (χ1v) is 6.54. The molecule has 0 aromatic carbocycles. The minimum atomic E-state index is 0.690. The van der Waals surface area contributed by atoms with Crippen LogP contribution >= 0.6 is 0 Å². The van der Waals surface area contributed by atoms with E-state index in [0.29, 0.717) is 5.92 Å². The Balaban J connectivity index is 2.55. The second kappa shape index (κ2) is 7.28. The molecule has 96 valence electrons. The summed E-state index contributed by atoms with van der Waals surface area (Å²) in [5.74, 6) is 1.68. The monoisotopic (exact) mass is 235 g/mol. The lowest BCUT2D eigenvalue weighted by Gasteiger charge is -2.10. The van der Waals surface area contributed by atoms with Gasteiger partial charge in [0, 0.05) is 18.8 Å². The van der Waals surface area contributed by atoms with Gasteiger partial charge in [-0.2, -0.15) is 0 Å². The topological polar surface area (TPSA) is 37.0 Å². The Morgan fingerprint density at radius 2 is 2.06 bits per heavy atom. The van der Waals surface area contributed by atoms with E-state index in [0.717, 1.165) is 37.6 Å². The lowest BCUT2D eigenvalue weighted by Crippen LogP contribution is -2.19. The molecule has 0 fully saturated rings. The van der Waals surface area contributed by atoms with Crippen molar-refractivity contribution in [3.8, 4) is 0 Å². The Bertz CT molecular complexity index is 334. The molecule has 3 nitrogen and oxygen atoms in total. The van der Waals surface area contributed by atoms with Crippen molar-refractivity contribution in [2.75, 3.05) is 18.4 Å². The molecule has 2 N–H and O–H groups in total. The van der Waals surface area contributed by atoms with Crippen molar-refractivity contribution in [2.24, 2.45) is 5.92 Å². The summed E-state index contributed by atoms with van der Waals surface area (Å²) in [5, 5.41) is 6.79. The number of hydrogen-bond donors (Lipinski definition) is 2. The molecule has 0 bridgehead atoms. The molecule has 0 aliphatic carbocycles. The van der Waals surface area contributed by atoms with Crippen LogP contribution < -0.4 is 10.6 Å². The lowest BCUT2D eigenvalue weighted by atomic mass is 10.2. The van der Waals surface area contributed by atoms with Crippen molar-refractivity contribution in [3.63, 3.8) is 0 Å². The van der Waals surface area contributed by atoms with E-state index in [1.165, 1.54) is 5.56 Å². The van der Waals surface area contributed by atoms with Gasteiger partial charge in [-0.1, -0.05) is 20.8 Å². The Morgan fingerprint density at radius 1 is 1.29 bits per heavy atom. The predicted octanol–water partition coefficient (Wildman–Crippen LogP) is 2.96. The van der Waals surface area contributed by atoms with Crippen LogP contribution in [0.1, 0.15) is 38.4 Å². The van der Waals surface area contributed by atoms with E-state index in [1.54, 1.807) is 0 Å². The van der Waals surface area contributed by atoms with E-state index in [2.05, 4.69) is 48.5 Å². The van der Waals surface area contributed by atoms with Crippen LogP contribution in [0.3, 0.4) is 0 Å². The van der Waals surface area contributed by atoms with E-state index in [-0.39, 0.29) is 0 Å². The van der Waals surface area contributed by atoms with Crippen LogP contribution in [0.15, 0.2) is 12.1 Å². The highest BCUT2D eigenvalue weighted by atomic mass is 15.0. The zero-order valence-electron chi connectivity index (χ0n) is 11.5. The SMILES string of the molecule is CCCNc1cc(CNCC(C)C)cc(C)n1. The maximum atomic E-state index is 4.48. The number of nitrogens with zero attached hydrogens (tertiary/aromatic N) is 1. The van der Waals surface area contributed by atoms with Crippen molar-refractivity contribution >= 4 is 5.82 Å². The summed E-state index contributed by atoms with van der Waals surface area (Å²) in [5.41, 5.74) is 2.38. The van der Waals surface area contributed by atoms with Crippen molar-refractivity contribution in [1.82, 2.24) is 10.3 Å². The van der Waals surface area contributed by atoms with Crippen molar-refractivity contribution in [3.05, 3.63) is 23.4 Å². The van der Waals surface area contributed by atoms with E-state index >= 15 is 0 Å². The van der Waals surface area contributed by atoms with Crippen molar-refractivity contribution < 1.29 is 0 Å². The van der Waals surface area contributed by atoms with Crippen LogP contribution in [0.4, 0.5) is 5.82 Å². The molecule has 0 saturated carbocycles. The standard InChI is InChI=1S/C14H25N3/c1-5-6-16-14-8-13(7-12(4)17-14)10-15-9-11(2)3/h7-8,11,15H,5-6,9-10H2,1-4H3,(H,16,17). The fourth-order valence-corrected chi connectivity index (χ4v) is 1.69. The predicted molar refractivity (Wildman–Crippen MR) is 74.3 cm³/mol. The minimum absolute atomic E-state index is 0.690. The van der Waals surface area contributed by atoms with Gasteiger partial charge in [0.05, 0.1) is 0 Å². The van der Waals surface area contributed by atoms with Gasteiger partial charge in [-0.3, -0.25) is 0 Å². The highest BCUT2D eigenvalue weighted by Crippen LogP contribution is 2.10. The van der Waals surface area contributed by atoms with Gasteiger partial charge >= 0.3 is 0 Å². The van der Waals surface area contributed by atoms with Gasteiger partial charge in [0.1, 0.15) is 5.82 Å². The molecule has 0 radical (unpaired) electrons. The van der Waals surface area contributed by atoms with E-state index < -0.39 is 0 Å². The average Bonchev–Trinajstić information content (AvgIpc) is 2.25. The molecule has 0 unspecified atom stereocenters. The summed E-state index contributed by atoms with van der Waals surface area (Å²) in [6.07, 6.45) is 1.12. The molecule has 17 heavy (non-hydrogen) atoms. The quantitative estimate of drug-likeness (QED) is 0.763. The normalized spacial score (nSPS) is 10.9. The molecular formula is C14H25N3. The van der Waals surface area contributed by atoms with E-state index in [9.17, 15) is 0 Å². The average molecular weight is 235 g/mol. The van der Waals surface area contributed by atoms with Crippen molar-refractivity contribution in [2.45, 2.75) is 40.7 Å². The maximum absolute atomic E-state index is 4.48. The van der Waals surface area contributed by atoms with Gasteiger partial charge in [0.15, 0.2) is 0 Å². The molecule has 1 heterocycles. The molecule has 0 spiro atoms. The second-order valence-corrected chi connectivity index (χ2v) is 4.95. The van der Waals surface area contributed by atoms with E-state index in [1.807, 2.05) is 6.92 Å². The maximum Gasteiger partial charge on any atom is 0.126 e. The Morgan fingerprint density at radius 3 is 2.71 bits per heavy atom. The van der Waals surface area contributed by atoms with Gasteiger partial charge in [0.2, 0.25) is 0 Å². The third kappa shape index (κ3) is 5.68. The third-order valence-electron chi connectivity index (χ3n) is 2.45. The first kappa shape index (κ1) is 14.0.